The Morgan fingerprint density at radius 3 is 2.82 bits per heavy atom. The molecule has 0 spiro atoms. The van der Waals surface area contributed by atoms with Crippen LogP contribution in [0.25, 0.3) is 0 Å². The summed E-state index contributed by atoms with van der Waals surface area (Å²) in [6, 6.07) is 0. The van der Waals surface area contributed by atoms with Crippen molar-refractivity contribution in [2.75, 3.05) is 39.3 Å². The Hall–Kier alpha value is -0.400. The van der Waals surface area contributed by atoms with Gasteiger partial charge in [-0.15, -0.1) is 36.2 Å². The van der Waals surface area contributed by atoms with Gasteiger partial charge in [-0.05, 0) is 25.8 Å². The van der Waals surface area contributed by atoms with Crippen LogP contribution < -0.4 is 10.6 Å². The maximum Gasteiger partial charge on any atom is 0.263 e. The molecule has 1 aliphatic heterocycles. The van der Waals surface area contributed by atoms with Gasteiger partial charge in [0.2, 0.25) is 0 Å². The summed E-state index contributed by atoms with van der Waals surface area (Å²) in [4.78, 5) is 19.4. The summed E-state index contributed by atoms with van der Waals surface area (Å²) in [6.45, 7) is 8.31. The van der Waals surface area contributed by atoms with Crippen molar-refractivity contribution in [3.63, 3.8) is 0 Å². The summed E-state index contributed by atoms with van der Waals surface area (Å²) < 4.78 is 0. The molecule has 0 radical (unpaired) electrons. The Balaban J connectivity index is 0.00000220. The van der Waals surface area contributed by atoms with Gasteiger partial charge in [0, 0.05) is 32.7 Å². The molecule has 1 aromatic rings. The van der Waals surface area contributed by atoms with E-state index >= 15 is 0 Å². The van der Waals surface area contributed by atoms with E-state index in [0.717, 1.165) is 68.4 Å². The van der Waals surface area contributed by atoms with Crippen LogP contribution in [0.2, 0.25) is 0 Å². The number of aryl methyl sites for hydroxylation is 1. The number of carbonyl (C=O) groups excluding carboxylic acids is 1. The standard InChI is InChI=1S/C14H24N4OS.2ClH/c1-2-4-13-17-11-12(20-13)14(19)16-5-3-8-18-9-6-15-7-10-18;;/h11,15H,2-10H2,1H3,(H,16,19);2*1H. The van der Waals surface area contributed by atoms with Crippen LogP contribution in [-0.4, -0.2) is 55.1 Å². The Morgan fingerprint density at radius 1 is 1.41 bits per heavy atom. The van der Waals surface area contributed by atoms with Crippen LogP contribution >= 0.6 is 36.2 Å². The fourth-order valence-corrected chi connectivity index (χ4v) is 3.21. The van der Waals surface area contributed by atoms with Crippen molar-refractivity contribution >= 4 is 42.1 Å². The van der Waals surface area contributed by atoms with E-state index in [4.69, 9.17) is 0 Å². The summed E-state index contributed by atoms with van der Waals surface area (Å²) in [6.07, 6.45) is 4.73. The van der Waals surface area contributed by atoms with Gasteiger partial charge in [-0.25, -0.2) is 4.98 Å². The van der Waals surface area contributed by atoms with Crippen LogP contribution in [0.3, 0.4) is 0 Å². The predicted octanol–water partition coefficient (Wildman–Crippen LogP) is 1.96. The van der Waals surface area contributed by atoms with Gasteiger partial charge in [-0.3, -0.25) is 4.79 Å². The summed E-state index contributed by atoms with van der Waals surface area (Å²) in [5.74, 6) is 0.0187. The molecular weight excluding hydrogens is 343 g/mol. The zero-order valence-corrected chi connectivity index (χ0v) is 15.4. The lowest BCUT2D eigenvalue weighted by Gasteiger charge is -2.26. The summed E-state index contributed by atoms with van der Waals surface area (Å²) >= 11 is 1.51. The Bertz CT molecular complexity index is 425. The highest BCUT2D eigenvalue weighted by atomic mass is 35.5. The van der Waals surface area contributed by atoms with Crippen molar-refractivity contribution in [2.24, 2.45) is 0 Å². The van der Waals surface area contributed by atoms with Crippen molar-refractivity contribution in [1.82, 2.24) is 20.5 Å². The SMILES string of the molecule is CCCc1ncc(C(=O)NCCCN2CCNCC2)s1.Cl.Cl. The molecule has 1 fully saturated rings. The third-order valence-electron chi connectivity index (χ3n) is 3.39. The molecule has 1 saturated heterocycles. The van der Waals surface area contributed by atoms with Gasteiger partial charge in [0.05, 0.1) is 11.2 Å². The molecule has 2 N–H and O–H groups in total. The van der Waals surface area contributed by atoms with E-state index in [1.165, 1.54) is 11.3 Å². The second kappa shape index (κ2) is 12.1. The second-order valence-electron chi connectivity index (χ2n) is 5.07. The summed E-state index contributed by atoms with van der Waals surface area (Å²) in [5, 5.41) is 7.38. The van der Waals surface area contributed by atoms with Gasteiger partial charge in [0.1, 0.15) is 4.88 Å². The molecule has 0 unspecified atom stereocenters. The van der Waals surface area contributed by atoms with E-state index in [-0.39, 0.29) is 30.7 Å². The molecule has 2 rings (SSSR count). The number of carbonyl (C=O) groups is 1. The van der Waals surface area contributed by atoms with Crippen molar-refractivity contribution in [3.8, 4) is 0 Å². The number of hydrogen-bond donors (Lipinski definition) is 2. The van der Waals surface area contributed by atoms with E-state index in [0.29, 0.717) is 0 Å². The zero-order chi connectivity index (χ0) is 14.2. The van der Waals surface area contributed by atoms with Gasteiger partial charge in [0.15, 0.2) is 0 Å². The van der Waals surface area contributed by atoms with E-state index < -0.39 is 0 Å². The molecule has 5 nitrogen and oxygen atoms in total. The molecule has 22 heavy (non-hydrogen) atoms. The molecule has 128 valence electrons. The van der Waals surface area contributed by atoms with Gasteiger partial charge in [-0.2, -0.15) is 0 Å². The third-order valence-corrected chi connectivity index (χ3v) is 4.44. The maximum atomic E-state index is 11.9. The first kappa shape index (κ1) is 21.6. The quantitative estimate of drug-likeness (QED) is 0.722. The second-order valence-corrected chi connectivity index (χ2v) is 6.18. The molecule has 1 aromatic heterocycles. The van der Waals surface area contributed by atoms with Crippen LogP contribution in [0.1, 0.15) is 34.4 Å². The number of hydrogen-bond acceptors (Lipinski definition) is 5. The number of rotatable bonds is 7. The minimum atomic E-state index is 0. The highest BCUT2D eigenvalue weighted by Gasteiger charge is 2.11. The van der Waals surface area contributed by atoms with E-state index in [2.05, 4.69) is 27.4 Å². The first-order chi connectivity index (χ1) is 9.79. The van der Waals surface area contributed by atoms with Gasteiger partial charge >= 0.3 is 0 Å². The van der Waals surface area contributed by atoms with Crippen molar-refractivity contribution in [2.45, 2.75) is 26.2 Å². The molecule has 0 aliphatic carbocycles. The lowest BCUT2D eigenvalue weighted by molar-refractivity contribution is 0.0955. The average molecular weight is 369 g/mol. The molecule has 1 aliphatic rings. The minimum absolute atomic E-state index is 0. The van der Waals surface area contributed by atoms with E-state index in [9.17, 15) is 4.79 Å². The normalized spacial score (nSPS) is 14.8. The number of halogens is 2. The number of nitrogens with one attached hydrogen (secondary N) is 2. The van der Waals surface area contributed by atoms with Crippen LogP contribution in [0, 0.1) is 0 Å². The van der Waals surface area contributed by atoms with Gasteiger partial charge < -0.3 is 15.5 Å². The van der Waals surface area contributed by atoms with Crippen LogP contribution in [0.15, 0.2) is 6.20 Å². The summed E-state index contributed by atoms with van der Waals surface area (Å²) in [5.41, 5.74) is 0. The molecule has 0 aromatic carbocycles. The summed E-state index contributed by atoms with van der Waals surface area (Å²) in [7, 11) is 0. The van der Waals surface area contributed by atoms with Gasteiger partial charge in [0.25, 0.3) is 5.91 Å². The molecule has 0 saturated carbocycles. The van der Waals surface area contributed by atoms with E-state index in [1.54, 1.807) is 6.20 Å². The average Bonchev–Trinajstić information content (AvgIpc) is 2.94. The number of aromatic nitrogens is 1. The fraction of sp³-hybridized carbons (Fsp3) is 0.714. The predicted molar refractivity (Wildman–Crippen MR) is 96.9 cm³/mol. The molecule has 2 heterocycles. The maximum absolute atomic E-state index is 11.9. The number of nitrogens with zero attached hydrogens (tertiary/aromatic N) is 2. The highest BCUT2D eigenvalue weighted by Crippen LogP contribution is 2.14. The van der Waals surface area contributed by atoms with Crippen LogP contribution in [0.5, 0.6) is 0 Å². The lowest BCUT2D eigenvalue weighted by atomic mass is 10.3. The first-order valence-corrected chi connectivity index (χ1v) is 8.27. The van der Waals surface area contributed by atoms with Crippen molar-refractivity contribution in [1.29, 1.82) is 0 Å². The Labute approximate surface area is 149 Å². The molecule has 8 heteroatoms. The molecular formula is C14H26Cl2N4OS. The minimum Gasteiger partial charge on any atom is -0.351 e. The van der Waals surface area contributed by atoms with Crippen molar-refractivity contribution in [3.05, 3.63) is 16.1 Å². The molecule has 1 amide bonds. The number of thiazole rings is 1. The Morgan fingerprint density at radius 2 is 2.14 bits per heavy atom. The lowest BCUT2D eigenvalue weighted by Crippen LogP contribution is -2.44. The van der Waals surface area contributed by atoms with Crippen LogP contribution in [0.4, 0.5) is 0 Å². The number of piperazine rings is 1. The van der Waals surface area contributed by atoms with Crippen LogP contribution in [-0.2, 0) is 6.42 Å². The monoisotopic (exact) mass is 368 g/mol. The topological polar surface area (TPSA) is 57.3 Å². The Kier molecular flexibility index (Phi) is 11.9. The first-order valence-electron chi connectivity index (χ1n) is 7.45. The molecule has 0 atom stereocenters. The molecule has 0 bridgehead atoms. The smallest absolute Gasteiger partial charge is 0.263 e. The van der Waals surface area contributed by atoms with Gasteiger partial charge in [-0.1, -0.05) is 6.92 Å². The largest absolute Gasteiger partial charge is 0.351 e. The van der Waals surface area contributed by atoms with E-state index in [1.807, 2.05) is 0 Å². The number of amides is 1. The fourth-order valence-electron chi connectivity index (χ4n) is 2.27. The van der Waals surface area contributed by atoms with Crippen molar-refractivity contribution < 1.29 is 4.79 Å². The third kappa shape index (κ3) is 7.24. The zero-order valence-electron chi connectivity index (χ0n) is 13.0. The highest BCUT2D eigenvalue weighted by molar-refractivity contribution is 7.13.